The molecular formula is C15H17ClN4O. The number of carbonyl (C=O) groups is 1. The van der Waals surface area contributed by atoms with E-state index < -0.39 is 0 Å². The van der Waals surface area contributed by atoms with Gasteiger partial charge in [-0.05, 0) is 25.0 Å². The Bertz CT molecular complexity index is 641. The minimum atomic E-state index is -0.125. The maximum absolute atomic E-state index is 12.4. The summed E-state index contributed by atoms with van der Waals surface area (Å²) in [6, 6.07) is 5.38. The van der Waals surface area contributed by atoms with Crippen LogP contribution in [0.15, 0.2) is 36.9 Å². The van der Waals surface area contributed by atoms with Crippen molar-refractivity contribution in [2.75, 3.05) is 5.32 Å². The molecule has 110 valence electrons. The molecule has 0 aliphatic heterocycles. The number of para-hydroxylation sites is 1. The molecule has 2 atom stereocenters. The summed E-state index contributed by atoms with van der Waals surface area (Å²) in [7, 11) is 0. The lowest BCUT2D eigenvalue weighted by molar-refractivity contribution is -0.120. The highest BCUT2D eigenvalue weighted by Gasteiger charge is 2.30. The summed E-state index contributed by atoms with van der Waals surface area (Å²) in [5.74, 6) is -0.164. The van der Waals surface area contributed by atoms with Crippen LogP contribution < -0.4 is 11.1 Å². The molecule has 6 heteroatoms. The Balaban J connectivity index is 1.89. The van der Waals surface area contributed by atoms with Gasteiger partial charge in [0.05, 0.1) is 28.6 Å². The molecule has 1 aliphatic rings. The predicted octanol–water partition coefficient (Wildman–Crippen LogP) is 2.59. The zero-order valence-electron chi connectivity index (χ0n) is 11.5. The van der Waals surface area contributed by atoms with E-state index >= 15 is 0 Å². The highest BCUT2D eigenvalue weighted by atomic mass is 35.5. The third-order valence-corrected chi connectivity index (χ3v) is 4.22. The second-order valence-electron chi connectivity index (χ2n) is 5.30. The summed E-state index contributed by atoms with van der Waals surface area (Å²) in [5.41, 5.74) is 7.38. The number of rotatable bonds is 3. The topological polar surface area (TPSA) is 72.9 Å². The SMILES string of the molecule is NC1CCCC1C(=O)Nc1cccc(Cl)c1-n1ccnc1. The van der Waals surface area contributed by atoms with Crippen LogP contribution in [0.4, 0.5) is 5.69 Å². The Labute approximate surface area is 128 Å². The van der Waals surface area contributed by atoms with E-state index in [1.165, 1.54) is 0 Å². The van der Waals surface area contributed by atoms with Crippen LogP contribution in [0.25, 0.3) is 5.69 Å². The number of halogens is 1. The second kappa shape index (κ2) is 5.87. The van der Waals surface area contributed by atoms with E-state index in [1.54, 1.807) is 29.4 Å². The van der Waals surface area contributed by atoms with E-state index in [0.717, 1.165) is 24.9 Å². The Morgan fingerprint density at radius 1 is 1.43 bits per heavy atom. The fraction of sp³-hybridized carbons (Fsp3) is 0.333. The highest BCUT2D eigenvalue weighted by Crippen LogP contribution is 2.30. The zero-order valence-corrected chi connectivity index (χ0v) is 12.3. The fourth-order valence-corrected chi connectivity index (χ4v) is 3.08. The molecular weight excluding hydrogens is 288 g/mol. The molecule has 0 bridgehead atoms. The number of hydrogen-bond acceptors (Lipinski definition) is 3. The third-order valence-electron chi connectivity index (χ3n) is 3.91. The van der Waals surface area contributed by atoms with Crippen molar-refractivity contribution in [2.24, 2.45) is 11.7 Å². The van der Waals surface area contributed by atoms with E-state index in [0.29, 0.717) is 10.7 Å². The first-order valence-electron chi connectivity index (χ1n) is 7.00. The molecule has 3 N–H and O–H groups in total. The van der Waals surface area contributed by atoms with E-state index in [2.05, 4.69) is 10.3 Å². The van der Waals surface area contributed by atoms with E-state index in [9.17, 15) is 4.79 Å². The van der Waals surface area contributed by atoms with Crippen LogP contribution >= 0.6 is 11.6 Å². The van der Waals surface area contributed by atoms with Gasteiger partial charge in [0, 0.05) is 18.4 Å². The molecule has 1 aromatic carbocycles. The number of carbonyl (C=O) groups excluding carboxylic acids is 1. The summed E-state index contributed by atoms with van der Waals surface area (Å²) in [6.07, 6.45) is 7.86. The molecule has 1 amide bonds. The smallest absolute Gasteiger partial charge is 0.229 e. The van der Waals surface area contributed by atoms with Gasteiger partial charge in [-0.2, -0.15) is 0 Å². The number of amides is 1. The normalized spacial score (nSPS) is 21.4. The fourth-order valence-electron chi connectivity index (χ4n) is 2.81. The molecule has 1 aliphatic carbocycles. The lowest BCUT2D eigenvalue weighted by Crippen LogP contribution is -2.34. The first-order chi connectivity index (χ1) is 10.2. The minimum Gasteiger partial charge on any atom is -0.327 e. The molecule has 5 nitrogen and oxygen atoms in total. The number of anilines is 1. The summed E-state index contributed by atoms with van der Waals surface area (Å²) in [4.78, 5) is 16.4. The lowest BCUT2D eigenvalue weighted by Gasteiger charge is -2.18. The van der Waals surface area contributed by atoms with Gasteiger partial charge < -0.3 is 15.6 Å². The van der Waals surface area contributed by atoms with Crippen molar-refractivity contribution in [3.63, 3.8) is 0 Å². The van der Waals surface area contributed by atoms with Gasteiger partial charge in [-0.1, -0.05) is 24.1 Å². The highest BCUT2D eigenvalue weighted by molar-refractivity contribution is 6.33. The predicted molar refractivity (Wildman–Crippen MR) is 82.5 cm³/mol. The molecule has 0 radical (unpaired) electrons. The number of nitrogens with one attached hydrogen (secondary N) is 1. The van der Waals surface area contributed by atoms with Crippen LogP contribution in [0.5, 0.6) is 0 Å². The first-order valence-corrected chi connectivity index (χ1v) is 7.38. The van der Waals surface area contributed by atoms with Crippen molar-refractivity contribution < 1.29 is 4.79 Å². The molecule has 0 saturated heterocycles. The van der Waals surface area contributed by atoms with Gasteiger partial charge in [-0.25, -0.2) is 4.98 Å². The van der Waals surface area contributed by atoms with E-state index in [-0.39, 0.29) is 17.9 Å². The minimum absolute atomic E-state index is 0.0383. The van der Waals surface area contributed by atoms with Crippen LogP contribution in [-0.2, 0) is 4.79 Å². The third kappa shape index (κ3) is 2.80. The van der Waals surface area contributed by atoms with Gasteiger partial charge in [-0.15, -0.1) is 0 Å². The molecule has 2 unspecified atom stereocenters. The molecule has 1 fully saturated rings. The van der Waals surface area contributed by atoms with Gasteiger partial charge >= 0.3 is 0 Å². The van der Waals surface area contributed by atoms with Gasteiger partial charge in [0.25, 0.3) is 0 Å². The van der Waals surface area contributed by atoms with Crippen molar-refractivity contribution >= 4 is 23.2 Å². The number of nitrogens with zero attached hydrogens (tertiary/aromatic N) is 2. The van der Waals surface area contributed by atoms with Crippen LogP contribution in [0.2, 0.25) is 5.02 Å². The van der Waals surface area contributed by atoms with Crippen LogP contribution in [0, 0.1) is 5.92 Å². The largest absolute Gasteiger partial charge is 0.327 e. The molecule has 3 rings (SSSR count). The average Bonchev–Trinajstić information content (AvgIpc) is 3.10. The summed E-state index contributed by atoms with van der Waals surface area (Å²) < 4.78 is 1.78. The molecule has 1 heterocycles. The Morgan fingerprint density at radius 2 is 2.29 bits per heavy atom. The zero-order chi connectivity index (χ0) is 14.8. The summed E-state index contributed by atoms with van der Waals surface area (Å²) in [5, 5.41) is 3.52. The van der Waals surface area contributed by atoms with Gasteiger partial charge in [-0.3, -0.25) is 4.79 Å². The van der Waals surface area contributed by atoms with Crippen molar-refractivity contribution in [1.29, 1.82) is 0 Å². The standard InChI is InChI=1S/C15H17ClN4O/c16-11-4-2-6-13(14(11)20-8-7-18-9-20)19-15(21)10-3-1-5-12(10)17/h2,4,6-10,12H,1,3,5,17H2,(H,19,21). The summed E-state index contributed by atoms with van der Waals surface area (Å²) >= 11 is 6.27. The van der Waals surface area contributed by atoms with Crippen LogP contribution in [0.1, 0.15) is 19.3 Å². The van der Waals surface area contributed by atoms with Crippen molar-refractivity contribution in [3.8, 4) is 5.69 Å². The molecule has 0 spiro atoms. The number of aromatic nitrogens is 2. The molecule has 21 heavy (non-hydrogen) atoms. The lowest BCUT2D eigenvalue weighted by atomic mass is 10.0. The quantitative estimate of drug-likeness (QED) is 0.915. The number of hydrogen-bond donors (Lipinski definition) is 2. The number of nitrogens with two attached hydrogens (primary N) is 1. The average molecular weight is 305 g/mol. The van der Waals surface area contributed by atoms with Crippen molar-refractivity contribution in [1.82, 2.24) is 9.55 Å². The maximum Gasteiger partial charge on any atom is 0.229 e. The van der Waals surface area contributed by atoms with E-state index in [1.807, 2.05) is 12.1 Å². The molecule has 1 saturated carbocycles. The number of benzene rings is 1. The van der Waals surface area contributed by atoms with Crippen molar-refractivity contribution in [2.45, 2.75) is 25.3 Å². The molecule has 2 aromatic rings. The van der Waals surface area contributed by atoms with Gasteiger partial charge in [0.2, 0.25) is 5.91 Å². The monoisotopic (exact) mass is 304 g/mol. The Morgan fingerprint density at radius 3 is 2.95 bits per heavy atom. The van der Waals surface area contributed by atoms with Gasteiger partial charge in [0.15, 0.2) is 0 Å². The first kappa shape index (κ1) is 14.1. The second-order valence-corrected chi connectivity index (χ2v) is 5.70. The Kier molecular flexibility index (Phi) is 3.94. The van der Waals surface area contributed by atoms with Crippen LogP contribution in [0.3, 0.4) is 0 Å². The van der Waals surface area contributed by atoms with Crippen LogP contribution in [-0.4, -0.2) is 21.5 Å². The van der Waals surface area contributed by atoms with E-state index in [4.69, 9.17) is 17.3 Å². The number of imidazole rings is 1. The van der Waals surface area contributed by atoms with Crippen molar-refractivity contribution in [3.05, 3.63) is 41.9 Å². The summed E-state index contributed by atoms with van der Waals surface area (Å²) in [6.45, 7) is 0. The maximum atomic E-state index is 12.4. The Hall–Kier alpha value is -1.85. The van der Waals surface area contributed by atoms with Gasteiger partial charge in [0.1, 0.15) is 0 Å². The molecule has 1 aromatic heterocycles.